The number of urea groups is 1. The highest BCUT2D eigenvalue weighted by Gasteiger charge is 2.19. The van der Waals surface area contributed by atoms with E-state index in [0.717, 1.165) is 5.56 Å². The number of benzene rings is 2. The predicted octanol–water partition coefficient (Wildman–Crippen LogP) is 3.69. The maximum atomic E-state index is 13.1. The van der Waals surface area contributed by atoms with Crippen LogP contribution in [0, 0.1) is 5.82 Å². The molecule has 3 N–H and O–H groups in total. The standard InChI is InChI=1S/C19H23FN2O3/c1-19(2,9-10-23)22-18(24)21-16-7-3-5-14(11-16)13-25-17-8-4-6-15(20)12-17/h3-8,11-12,23H,9-10,13H2,1-2H3,(H2,21,22,24). The Labute approximate surface area is 146 Å². The van der Waals surface area contributed by atoms with Crippen molar-refractivity contribution in [2.75, 3.05) is 11.9 Å². The van der Waals surface area contributed by atoms with E-state index in [1.54, 1.807) is 30.3 Å². The number of rotatable bonds is 7. The number of aliphatic hydroxyl groups excluding tert-OH is 1. The quantitative estimate of drug-likeness (QED) is 0.716. The first kappa shape index (κ1) is 18.7. The molecule has 0 aliphatic heterocycles. The van der Waals surface area contributed by atoms with Crippen LogP contribution in [-0.4, -0.2) is 23.3 Å². The second kappa shape index (κ2) is 8.48. The van der Waals surface area contributed by atoms with Crippen LogP contribution < -0.4 is 15.4 Å². The zero-order valence-electron chi connectivity index (χ0n) is 14.4. The van der Waals surface area contributed by atoms with Crippen LogP contribution in [0.15, 0.2) is 48.5 Å². The molecule has 0 spiro atoms. The largest absolute Gasteiger partial charge is 0.489 e. The summed E-state index contributed by atoms with van der Waals surface area (Å²) in [5, 5.41) is 14.6. The molecule has 0 aliphatic rings. The van der Waals surface area contributed by atoms with Crippen LogP contribution in [0.1, 0.15) is 25.8 Å². The summed E-state index contributed by atoms with van der Waals surface area (Å²) < 4.78 is 18.7. The van der Waals surface area contributed by atoms with Crippen LogP contribution in [0.5, 0.6) is 5.75 Å². The lowest BCUT2D eigenvalue weighted by Gasteiger charge is -2.25. The van der Waals surface area contributed by atoms with Gasteiger partial charge in [-0.15, -0.1) is 0 Å². The van der Waals surface area contributed by atoms with Crippen molar-refractivity contribution in [1.82, 2.24) is 5.32 Å². The smallest absolute Gasteiger partial charge is 0.319 e. The molecule has 0 aromatic heterocycles. The summed E-state index contributed by atoms with van der Waals surface area (Å²) in [7, 11) is 0. The Balaban J connectivity index is 1.93. The number of ether oxygens (including phenoxy) is 1. The van der Waals surface area contributed by atoms with Gasteiger partial charge in [-0.1, -0.05) is 18.2 Å². The Morgan fingerprint density at radius 3 is 2.68 bits per heavy atom. The molecule has 5 nitrogen and oxygen atoms in total. The number of anilines is 1. The number of hydrogen-bond acceptors (Lipinski definition) is 3. The SMILES string of the molecule is CC(C)(CCO)NC(=O)Nc1cccc(COc2cccc(F)c2)c1. The van der Waals surface area contributed by atoms with Gasteiger partial charge in [-0.2, -0.15) is 0 Å². The highest BCUT2D eigenvalue weighted by Crippen LogP contribution is 2.16. The average molecular weight is 346 g/mol. The first-order valence-corrected chi connectivity index (χ1v) is 8.05. The molecule has 2 amide bonds. The van der Waals surface area contributed by atoms with Crippen LogP contribution in [0.3, 0.4) is 0 Å². The Kier molecular flexibility index (Phi) is 6.36. The zero-order chi connectivity index (χ0) is 18.3. The van der Waals surface area contributed by atoms with Crippen LogP contribution in [0.25, 0.3) is 0 Å². The molecular formula is C19H23FN2O3. The van der Waals surface area contributed by atoms with Gasteiger partial charge in [-0.05, 0) is 50.1 Å². The first-order valence-electron chi connectivity index (χ1n) is 8.05. The fourth-order valence-corrected chi connectivity index (χ4v) is 2.27. The van der Waals surface area contributed by atoms with Crippen LogP contribution in [0.2, 0.25) is 0 Å². The fraction of sp³-hybridized carbons (Fsp3) is 0.316. The number of aliphatic hydroxyl groups is 1. The molecule has 2 rings (SSSR count). The second-order valence-electron chi connectivity index (χ2n) is 6.38. The lowest BCUT2D eigenvalue weighted by atomic mass is 10.0. The highest BCUT2D eigenvalue weighted by atomic mass is 19.1. The molecule has 0 saturated heterocycles. The fourth-order valence-electron chi connectivity index (χ4n) is 2.27. The number of halogens is 1. The molecule has 0 saturated carbocycles. The number of amides is 2. The minimum Gasteiger partial charge on any atom is -0.489 e. The Hall–Kier alpha value is -2.60. The van der Waals surface area contributed by atoms with Crippen LogP contribution in [-0.2, 0) is 6.61 Å². The van der Waals surface area contributed by atoms with Crippen molar-refractivity contribution in [2.24, 2.45) is 0 Å². The van der Waals surface area contributed by atoms with Gasteiger partial charge in [-0.25, -0.2) is 9.18 Å². The van der Waals surface area contributed by atoms with Gasteiger partial charge in [-0.3, -0.25) is 0 Å². The van der Waals surface area contributed by atoms with E-state index in [9.17, 15) is 9.18 Å². The summed E-state index contributed by atoms with van der Waals surface area (Å²) in [4.78, 5) is 12.1. The summed E-state index contributed by atoms with van der Waals surface area (Å²) in [6.45, 7) is 3.94. The molecule has 6 heteroatoms. The molecule has 0 bridgehead atoms. The molecule has 0 fully saturated rings. The Morgan fingerprint density at radius 2 is 1.96 bits per heavy atom. The van der Waals surface area contributed by atoms with Gasteiger partial charge in [0, 0.05) is 23.9 Å². The molecule has 0 heterocycles. The lowest BCUT2D eigenvalue weighted by Crippen LogP contribution is -2.46. The van der Waals surface area contributed by atoms with Gasteiger partial charge < -0.3 is 20.5 Å². The van der Waals surface area contributed by atoms with E-state index in [-0.39, 0.29) is 25.1 Å². The average Bonchev–Trinajstić information content (AvgIpc) is 2.52. The normalized spacial score (nSPS) is 11.0. The minimum atomic E-state index is -0.503. The number of nitrogens with one attached hydrogen (secondary N) is 2. The third kappa shape index (κ3) is 6.43. The maximum Gasteiger partial charge on any atom is 0.319 e. The molecule has 0 unspecified atom stereocenters. The van der Waals surface area contributed by atoms with Crippen molar-refractivity contribution in [2.45, 2.75) is 32.4 Å². The number of hydrogen-bond donors (Lipinski definition) is 3. The molecular weight excluding hydrogens is 323 g/mol. The summed E-state index contributed by atoms with van der Waals surface area (Å²) in [5.41, 5.74) is 0.964. The van der Waals surface area contributed by atoms with E-state index < -0.39 is 5.54 Å². The topological polar surface area (TPSA) is 70.6 Å². The van der Waals surface area contributed by atoms with Crippen molar-refractivity contribution in [1.29, 1.82) is 0 Å². The number of carbonyl (C=O) groups excluding carboxylic acids is 1. The molecule has 0 aliphatic carbocycles. The Morgan fingerprint density at radius 1 is 1.20 bits per heavy atom. The zero-order valence-corrected chi connectivity index (χ0v) is 14.4. The van der Waals surface area contributed by atoms with Crippen molar-refractivity contribution < 1.29 is 19.0 Å². The van der Waals surface area contributed by atoms with E-state index in [1.807, 2.05) is 19.9 Å². The highest BCUT2D eigenvalue weighted by molar-refractivity contribution is 5.89. The molecule has 2 aromatic carbocycles. The van der Waals surface area contributed by atoms with E-state index in [2.05, 4.69) is 10.6 Å². The molecule has 25 heavy (non-hydrogen) atoms. The first-order chi connectivity index (χ1) is 11.9. The Bertz CT molecular complexity index is 719. The summed E-state index contributed by atoms with van der Waals surface area (Å²) in [5.74, 6) is 0.0944. The van der Waals surface area contributed by atoms with Gasteiger partial charge in [0.25, 0.3) is 0 Å². The number of carbonyl (C=O) groups is 1. The third-order valence-corrected chi connectivity index (χ3v) is 3.58. The van der Waals surface area contributed by atoms with E-state index in [0.29, 0.717) is 17.9 Å². The third-order valence-electron chi connectivity index (χ3n) is 3.58. The summed E-state index contributed by atoms with van der Waals surface area (Å²) in [6, 6.07) is 12.8. The molecule has 0 atom stereocenters. The van der Waals surface area contributed by atoms with Crippen LogP contribution in [0.4, 0.5) is 14.9 Å². The van der Waals surface area contributed by atoms with Gasteiger partial charge in [0.05, 0.1) is 0 Å². The van der Waals surface area contributed by atoms with E-state index in [4.69, 9.17) is 9.84 Å². The summed E-state index contributed by atoms with van der Waals surface area (Å²) in [6.07, 6.45) is 0.460. The monoisotopic (exact) mass is 346 g/mol. The van der Waals surface area contributed by atoms with Gasteiger partial charge in [0.1, 0.15) is 18.2 Å². The van der Waals surface area contributed by atoms with Gasteiger partial charge in [0.2, 0.25) is 0 Å². The van der Waals surface area contributed by atoms with Gasteiger partial charge in [0.15, 0.2) is 0 Å². The summed E-state index contributed by atoms with van der Waals surface area (Å²) >= 11 is 0. The van der Waals surface area contributed by atoms with Gasteiger partial charge >= 0.3 is 6.03 Å². The van der Waals surface area contributed by atoms with Crippen molar-refractivity contribution in [3.63, 3.8) is 0 Å². The van der Waals surface area contributed by atoms with Crippen molar-refractivity contribution >= 4 is 11.7 Å². The van der Waals surface area contributed by atoms with E-state index >= 15 is 0 Å². The van der Waals surface area contributed by atoms with Crippen molar-refractivity contribution in [3.8, 4) is 5.75 Å². The van der Waals surface area contributed by atoms with E-state index in [1.165, 1.54) is 12.1 Å². The molecule has 0 radical (unpaired) electrons. The lowest BCUT2D eigenvalue weighted by molar-refractivity contribution is 0.218. The maximum absolute atomic E-state index is 13.1. The second-order valence-corrected chi connectivity index (χ2v) is 6.38. The molecule has 2 aromatic rings. The van der Waals surface area contributed by atoms with Crippen LogP contribution >= 0.6 is 0 Å². The van der Waals surface area contributed by atoms with Crippen molar-refractivity contribution in [3.05, 3.63) is 59.9 Å². The molecule has 134 valence electrons. The predicted molar refractivity (Wildman–Crippen MR) is 95.1 cm³/mol. The minimum absolute atomic E-state index is 0.000183.